The summed E-state index contributed by atoms with van der Waals surface area (Å²) in [5.41, 5.74) is 7.55. The quantitative estimate of drug-likeness (QED) is 0.271. The van der Waals surface area contributed by atoms with Crippen LogP contribution in [0, 0.1) is 16.7 Å². The summed E-state index contributed by atoms with van der Waals surface area (Å²) < 4.78 is 5.77. The van der Waals surface area contributed by atoms with Gasteiger partial charge in [0.15, 0.2) is 0 Å². The molecule has 1 atom stereocenters. The molecule has 8 heteroatoms. The van der Waals surface area contributed by atoms with Crippen LogP contribution in [0.4, 0.5) is 21.9 Å². The van der Waals surface area contributed by atoms with Crippen LogP contribution >= 0.6 is 0 Å². The second kappa shape index (κ2) is 10.9. The van der Waals surface area contributed by atoms with E-state index in [4.69, 9.17) is 15.7 Å². The number of hydrogen-bond acceptors (Lipinski definition) is 6. The number of nitriles is 1. The first-order valence-corrected chi connectivity index (χ1v) is 10.8. The molecule has 3 aromatic rings. The second-order valence-electron chi connectivity index (χ2n) is 8.42. The molecule has 0 aliphatic rings. The summed E-state index contributed by atoms with van der Waals surface area (Å²) in [6, 6.07) is 21.6. The van der Waals surface area contributed by atoms with E-state index in [-0.39, 0.29) is 11.7 Å². The number of rotatable bonds is 7. The van der Waals surface area contributed by atoms with E-state index in [1.807, 2.05) is 19.9 Å². The lowest BCUT2D eigenvalue weighted by Crippen LogP contribution is -2.28. The third kappa shape index (κ3) is 6.85. The summed E-state index contributed by atoms with van der Waals surface area (Å²) in [5, 5.41) is 24.0. The van der Waals surface area contributed by atoms with Crippen molar-refractivity contribution >= 4 is 29.1 Å². The average molecular weight is 471 g/mol. The molecule has 0 aromatic heterocycles. The molecule has 35 heavy (non-hydrogen) atoms. The first-order valence-electron chi connectivity index (χ1n) is 10.8. The normalized spacial score (nSPS) is 11.9. The fourth-order valence-corrected chi connectivity index (χ4v) is 3.34. The number of nitrogens with zero attached hydrogens (tertiary/aromatic N) is 1. The summed E-state index contributed by atoms with van der Waals surface area (Å²) in [4.78, 5) is 25.2. The lowest BCUT2D eigenvalue weighted by molar-refractivity contribution is -0.112. The number of anilines is 3. The minimum Gasteiger partial charge on any atom is -0.508 e. The van der Waals surface area contributed by atoms with Crippen LogP contribution in [0.2, 0.25) is 0 Å². The smallest absolute Gasteiger partial charge is 0.412 e. The van der Waals surface area contributed by atoms with Crippen molar-refractivity contribution in [2.24, 2.45) is 5.41 Å². The molecular formula is C27H26N4O4. The minimum absolute atomic E-state index is 0.0720. The highest BCUT2D eigenvalue weighted by Gasteiger charge is 2.32. The highest BCUT2D eigenvalue weighted by atomic mass is 16.6. The number of carbonyl (C=O) groups excluding carboxylic acids is 2. The number of phenols is 1. The Morgan fingerprint density at radius 3 is 2.31 bits per heavy atom. The number of nitrogen functional groups attached to an aromatic ring is 1. The third-order valence-corrected chi connectivity index (χ3v) is 5.24. The van der Waals surface area contributed by atoms with E-state index >= 15 is 0 Å². The molecule has 0 aliphatic heterocycles. The number of nitrogens with one attached hydrogen (secondary N) is 2. The van der Waals surface area contributed by atoms with E-state index in [1.54, 1.807) is 66.7 Å². The Labute approximate surface area is 203 Å². The van der Waals surface area contributed by atoms with Gasteiger partial charge in [-0.2, -0.15) is 5.26 Å². The van der Waals surface area contributed by atoms with Crippen molar-refractivity contribution in [2.75, 3.05) is 16.4 Å². The van der Waals surface area contributed by atoms with Gasteiger partial charge < -0.3 is 20.9 Å². The van der Waals surface area contributed by atoms with E-state index in [9.17, 15) is 14.7 Å². The summed E-state index contributed by atoms with van der Waals surface area (Å²) in [5.74, 6) is -0.315. The topological polar surface area (TPSA) is 137 Å². The Bertz CT molecular complexity index is 1260. The predicted molar refractivity (Wildman–Crippen MR) is 135 cm³/mol. The van der Waals surface area contributed by atoms with Crippen molar-refractivity contribution in [3.8, 4) is 11.8 Å². The van der Waals surface area contributed by atoms with Crippen LogP contribution in [0.3, 0.4) is 0 Å². The summed E-state index contributed by atoms with van der Waals surface area (Å²) in [6.07, 6.45) is 1.50. The van der Waals surface area contributed by atoms with Gasteiger partial charge in [0.2, 0.25) is 5.91 Å². The van der Waals surface area contributed by atoms with Crippen LogP contribution in [0.25, 0.3) is 0 Å². The molecule has 0 saturated carbocycles. The predicted octanol–water partition coefficient (Wildman–Crippen LogP) is 5.36. The van der Waals surface area contributed by atoms with Gasteiger partial charge in [-0.1, -0.05) is 44.2 Å². The number of phenolic OH excluding ortho intramolecular Hbond substituents is 1. The standard InChI is InChI=1S/C27H26N4O4/c1-27(2,16-15-24(33)31-23-6-4-3-5-22(23)29)25(19-9-13-21(32)14-10-19)35-26(34)30-20-11-7-18(17-28)8-12-20/h3-16,25,32H,29H2,1-2H3,(H,30,34)(H,31,33)/b16-15+/t25-/m1/s1. The van der Waals surface area contributed by atoms with Gasteiger partial charge in [0.1, 0.15) is 11.9 Å². The van der Waals surface area contributed by atoms with Crippen LogP contribution < -0.4 is 16.4 Å². The molecule has 0 saturated heterocycles. The number of ether oxygens (including phenoxy) is 1. The van der Waals surface area contributed by atoms with E-state index in [1.165, 1.54) is 18.2 Å². The van der Waals surface area contributed by atoms with Gasteiger partial charge in [0, 0.05) is 11.1 Å². The number of hydrogen-bond donors (Lipinski definition) is 4. The van der Waals surface area contributed by atoms with Gasteiger partial charge in [-0.05, 0) is 60.2 Å². The van der Waals surface area contributed by atoms with Crippen molar-refractivity contribution in [3.63, 3.8) is 0 Å². The van der Waals surface area contributed by atoms with Crippen LogP contribution in [-0.4, -0.2) is 17.1 Å². The molecule has 2 amide bonds. The first kappa shape index (κ1) is 24.9. The van der Waals surface area contributed by atoms with Crippen molar-refractivity contribution in [1.29, 1.82) is 5.26 Å². The maximum Gasteiger partial charge on any atom is 0.412 e. The molecule has 178 valence electrons. The van der Waals surface area contributed by atoms with Crippen LogP contribution in [0.15, 0.2) is 84.9 Å². The number of amides is 2. The Kier molecular flexibility index (Phi) is 7.74. The van der Waals surface area contributed by atoms with E-state index < -0.39 is 17.6 Å². The Balaban J connectivity index is 1.79. The van der Waals surface area contributed by atoms with Gasteiger partial charge in [0.25, 0.3) is 0 Å². The maximum absolute atomic E-state index is 12.7. The van der Waals surface area contributed by atoms with E-state index in [0.717, 1.165) is 0 Å². The van der Waals surface area contributed by atoms with Crippen LogP contribution in [0.5, 0.6) is 5.75 Å². The highest BCUT2D eigenvalue weighted by molar-refractivity contribution is 6.01. The third-order valence-electron chi connectivity index (χ3n) is 5.24. The van der Waals surface area contributed by atoms with Crippen molar-refractivity contribution in [3.05, 3.63) is 96.1 Å². The Morgan fingerprint density at radius 1 is 1.03 bits per heavy atom. The van der Waals surface area contributed by atoms with Crippen molar-refractivity contribution in [2.45, 2.75) is 20.0 Å². The number of aromatic hydroxyl groups is 1. The molecule has 0 fully saturated rings. The van der Waals surface area contributed by atoms with Crippen LogP contribution in [0.1, 0.15) is 31.1 Å². The van der Waals surface area contributed by atoms with E-state index in [0.29, 0.717) is 28.2 Å². The summed E-state index contributed by atoms with van der Waals surface area (Å²) >= 11 is 0. The zero-order valence-electron chi connectivity index (χ0n) is 19.4. The molecule has 8 nitrogen and oxygen atoms in total. The zero-order chi connectivity index (χ0) is 25.4. The van der Waals surface area contributed by atoms with Crippen molar-refractivity contribution < 1.29 is 19.4 Å². The van der Waals surface area contributed by atoms with Crippen LogP contribution in [-0.2, 0) is 9.53 Å². The Morgan fingerprint density at radius 2 is 1.69 bits per heavy atom. The number of carbonyl (C=O) groups is 2. The molecule has 0 heterocycles. The maximum atomic E-state index is 12.7. The number of nitrogens with two attached hydrogens (primary N) is 1. The zero-order valence-corrected chi connectivity index (χ0v) is 19.4. The number of benzene rings is 3. The molecule has 3 aromatic carbocycles. The van der Waals surface area contributed by atoms with Gasteiger partial charge in [-0.25, -0.2) is 4.79 Å². The molecule has 0 spiro atoms. The minimum atomic E-state index is -0.821. The summed E-state index contributed by atoms with van der Waals surface area (Å²) in [6.45, 7) is 3.64. The fourth-order valence-electron chi connectivity index (χ4n) is 3.34. The Hall–Kier alpha value is -4.77. The monoisotopic (exact) mass is 470 g/mol. The SMILES string of the molecule is CC(C)(/C=C/C(=O)Nc1ccccc1N)[C@H](OC(=O)Nc1ccc(C#N)cc1)c1ccc(O)cc1. The van der Waals surface area contributed by atoms with Crippen molar-refractivity contribution in [1.82, 2.24) is 0 Å². The lowest BCUT2D eigenvalue weighted by Gasteiger charge is -2.31. The average Bonchev–Trinajstić information content (AvgIpc) is 2.84. The van der Waals surface area contributed by atoms with Gasteiger partial charge >= 0.3 is 6.09 Å². The molecule has 0 bridgehead atoms. The van der Waals surface area contributed by atoms with Gasteiger partial charge in [-0.3, -0.25) is 10.1 Å². The first-order chi connectivity index (χ1) is 16.7. The lowest BCUT2D eigenvalue weighted by atomic mass is 9.82. The molecule has 3 rings (SSSR count). The van der Waals surface area contributed by atoms with Gasteiger partial charge in [0.05, 0.1) is 23.0 Å². The molecule has 5 N–H and O–H groups in total. The highest BCUT2D eigenvalue weighted by Crippen LogP contribution is 2.39. The molecule has 0 unspecified atom stereocenters. The fraction of sp³-hybridized carbons (Fsp3) is 0.148. The van der Waals surface area contributed by atoms with Gasteiger partial charge in [-0.15, -0.1) is 0 Å². The molecular weight excluding hydrogens is 444 g/mol. The van der Waals surface area contributed by atoms with E-state index in [2.05, 4.69) is 10.6 Å². The largest absolute Gasteiger partial charge is 0.508 e. The summed E-state index contributed by atoms with van der Waals surface area (Å²) in [7, 11) is 0. The molecule has 0 aliphatic carbocycles. The number of para-hydroxylation sites is 2. The second-order valence-corrected chi connectivity index (χ2v) is 8.42. The molecule has 0 radical (unpaired) electrons.